The summed E-state index contributed by atoms with van der Waals surface area (Å²) in [4.78, 5) is 5.44. The van der Waals surface area contributed by atoms with Crippen molar-refractivity contribution in [3.05, 3.63) is 35.4 Å². The van der Waals surface area contributed by atoms with E-state index in [2.05, 4.69) is 29.4 Å². The summed E-state index contributed by atoms with van der Waals surface area (Å²) in [5.41, 5.74) is 3.68. The van der Waals surface area contributed by atoms with Gasteiger partial charge in [-0.05, 0) is 18.1 Å². The molecule has 3 heterocycles. The van der Waals surface area contributed by atoms with Crippen molar-refractivity contribution in [2.24, 2.45) is 11.1 Å². The lowest BCUT2D eigenvalue weighted by Gasteiger charge is -2.21. The van der Waals surface area contributed by atoms with Crippen molar-refractivity contribution in [2.45, 2.75) is 25.2 Å². The Morgan fingerprint density at radius 2 is 1.87 bits per heavy atom. The van der Waals surface area contributed by atoms with Crippen molar-refractivity contribution in [1.82, 2.24) is 0 Å². The second-order valence-corrected chi connectivity index (χ2v) is 4.43. The van der Waals surface area contributed by atoms with Crippen LogP contribution in [0.15, 0.2) is 29.4 Å². The molecule has 3 nitrogen and oxygen atoms in total. The van der Waals surface area contributed by atoms with Crippen molar-refractivity contribution in [2.75, 3.05) is 0 Å². The summed E-state index contributed by atoms with van der Waals surface area (Å²) < 4.78 is 5.97. The molecule has 3 aliphatic rings. The average molecular weight is 201 g/mol. The van der Waals surface area contributed by atoms with E-state index < -0.39 is 0 Å². The molecular formula is C12H11NO2. The lowest BCUT2D eigenvalue weighted by Crippen LogP contribution is -2.27. The van der Waals surface area contributed by atoms with E-state index in [1.165, 1.54) is 11.1 Å². The SMILES string of the molecule is CC1=NOC2C3OC(c4ccccc43)C12. The van der Waals surface area contributed by atoms with Crippen LogP contribution in [0.1, 0.15) is 30.3 Å². The molecule has 0 radical (unpaired) electrons. The molecule has 1 aromatic rings. The minimum atomic E-state index is 0.0948. The Balaban J connectivity index is 1.89. The summed E-state index contributed by atoms with van der Waals surface area (Å²) in [6, 6.07) is 8.41. The van der Waals surface area contributed by atoms with Gasteiger partial charge < -0.3 is 9.57 Å². The van der Waals surface area contributed by atoms with Gasteiger partial charge >= 0.3 is 0 Å². The minimum Gasteiger partial charge on any atom is -0.389 e. The number of hydrogen-bond acceptors (Lipinski definition) is 3. The number of ether oxygens (including phenoxy) is 1. The third kappa shape index (κ3) is 0.789. The normalized spacial score (nSPS) is 39.7. The largest absolute Gasteiger partial charge is 0.389 e. The van der Waals surface area contributed by atoms with Crippen LogP contribution in [0, 0.1) is 5.92 Å². The van der Waals surface area contributed by atoms with E-state index >= 15 is 0 Å². The van der Waals surface area contributed by atoms with Crippen LogP contribution >= 0.6 is 0 Å². The van der Waals surface area contributed by atoms with E-state index in [0.29, 0.717) is 5.92 Å². The number of hydrogen-bond donors (Lipinski definition) is 0. The van der Waals surface area contributed by atoms with Crippen molar-refractivity contribution < 1.29 is 9.57 Å². The number of rotatable bonds is 0. The van der Waals surface area contributed by atoms with Crippen LogP contribution < -0.4 is 0 Å². The summed E-state index contributed by atoms with van der Waals surface area (Å²) in [5.74, 6) is 0.338. The second-order valence-electron chi connectivity index (χ2n) is 4.43. The molecule has 0 saturated carbocycles. The van der Waals surface area contributed by atoms with Crippen molar-refractivity contribution >= 4 is 5.71 Å². The number of nitrogens with zero attached hydrogens (tertiary/aromatic N) is 1. The molecule has 1 fully saturated rings. The third-order valence-corrected chi connectivity index (χ3v) is 3.68. The fourth-order valence-corrected chi connectivity index (χ4v) is 3.01. The highest BCUT2D eigenvalue weighted by Crippen LogP contribution is 2.56. The van der Waals surface area contributed by atoms with Gasteiger partial charge in [-0.25, -0.2) is 0 Å². The Hall–Kier alpha value is -1.35. The first-order valence-corrected chi connectivity index (χ1v) is 5.31. The van der Waals surface area contributed by atoms with Crippen LogP contribution in [0.4, 0.5) is 0 Å². The van der Waals surface area contributed by atoms with Crippen LogP contribution in [-0.4, -0.2) is 11.8 Å². The first-order valence-electron chi connectivity index (χ1n) is 5.31. The molecule has 0 spiro atoms. The number of fused-ring (bicyclic) bond motifs is 8. The Kier molecular flexibility index (Phi) is 1.27. The lowest BCUT2D eigenvalue weighted by molar-refractivity contribution is -0.00582. The van der Waals surface area contributed by atoms with Crippen LogP contribution in [0.25, 0.3) is 0 Å². The van der Waals surface area contributed by atoms with Crippen molar-refractivity contribution in [1.29, 1.82) is 0 Å². The predicted octanol–water partition coefficient (Wildman–Crippen LogP) is 2.20. The van der Waals surface area contributed by atoms with Gasteiger partial charge in [-0.2, -0.15) is 0 Å². The highest BCUT2D eigenvalue weighted by Gasteiger charge is 2.57. The summed E-state index contributed by atoms with van der Waals surface area (Å²) in [6.45, 7) is 2.03. The second kappa shape index (κ2) is 2.42. The van der Waals surface area contributed by atoms with Crippen molar-refractivity contribution in [3.8, 4) is 0 Å². The highest BCUT2D eigenvalue weighted by atomic mass is 16.7. The van der Waals surface area contributed by atoms with Gasteiger partial charge in [0, 0.05) is 0 Å². The lowest BCUT2D eigenvalue weighted by atomic mass is 9.80. The quantitative estimate of drug-likeness (QED) is 0.644. The van der Waals surface area contributed by atoms with Gasteiger partial charge in [-0.15, -0.1) is 0 Å². The van der Waals surface area contributed by atoms with Gasteiger partial charge in [0.25, 0.3) is 0 Å². The monoisotopic (exact) mass is 201 g/mol. The molecular weight excluding hydrogens is 190 g/mol. The molecule has 2 bridgehead atoms. The van der Waals surface area contributed by atoms with Crippen LogP contribution in [0.3, 0.4) is 0 Å². The summed E-state index contributed by atoms with van der Waals surface area (Å²) in [6.07, 6.45) is 0.379. The molecule has 4 atom stereocenters. The minimum absolute atomic E-state index is 0.0948. The summed E-state index contributed by atoms with van der Waals surface area (Å²) in [7, 11) is 0. The maximum atomic E-state index is 5.97. The van der Waals surface area contributed by atoms with E-state index in [1.54, 1.807) is 0 Å². The molecule has 3 heteroatoms. The van der Waals surface area contributed by atoms with Gasteiger partial charge in [0.2, 0.25) is 0 Å². The highest BCUT2D eigenvalue weighted by molar-refractivity contribution is 5.87. The molecule has 15 heavy (non-hydrogen) atoms. The number of benzene rings is 1. The van der Waals surface area contributed by atoms with E-state index in [0.717, 1.165) is 5.71 Å². The maximum absolute atomic E-state index is 5.97. The predicted molar refractivity (Wildman–Crippen MR) is 54.5 cm³/mol. The molecule has 1 aromatic carbocycles. The van der Waals surface area contributed by atoms with E-state index in [9.17, 15) is 0 Å². The molecule has 4 rings (SSSR count). The summed E-state index contributed by atoms with van der Waals surface area (Å²) in [5, 5.41) is 4.08. The van der Waals surface area contributed by atoms with E-state index in [-0.39, 0.29) is 18.3 Å². The molecule has 1 saturated heterocycles. The topological polar surface area (TPSA) is 30.8 Å². The fourth-order valence-electron chi connectivity index (χ4n) is 3.01. The van der Waals surface area contributed by atoms with Gasteiger partial charge in [0.05, 0.1) is 17.7 Å². The molecule has 0 N–H and O–H groups in total. The average Bonchev–Trinajstić information content (AvgIpc) is 2.90. The first kappa shape index (κ1) is 7.88. The zero-order valence-electron chi connectivity index (χ0n) is 8.38. The Morgan fingerprint density at radius 1 is 1.13 bits per heavy atom. The molecule has 3 aliphatic heterocycles. The molecule has 76 valence electrons. The van der Waals surface area contributed by atoms with Gasteiger partial charge in [-0.3, -0.25) is 0 Å². The molecule has 0 aromatic heterocycles. The van der Waals surface area contributed by atoms with Gasteiger partial charge in [-0.1, -0.05) is 29.4 Å². The Bertz CT molecular complexity index is 468. The van der Waals surface area contributed by atoms with E-state index in [4.69, 9.17) is 9.57 Å². The maximum Gasteiger partial charge on any atom is 0.168 e. The third-order valence-electron chi connectivity index (χ3n) is 3.68. The molecule has 0 amide bonds. The van der Waals surface area contributed by atoms with Crippen LogP contribution in [0.5, 0.6) is 0 Å². The number of oxime groups is 1. The van der Waals surface area contributed by atoms with Gasteiger partial charge in [0.1, 0.15) is 6.10 Å². The zero-order valence-corrected chi connectivity index (χ0v) is 8.38. The van der Waals surface area contributed by atoms with Crippen LogP contribution in [-0.2, 0) is 9.57 Å². The summed E-state index contributed by atoms with van der Waals surface area (Å²) >= 11 is 0. The van der Waals surface area contributed by atoms with Crippen molar-refractivity contribution in [3.63, 3.8) is 0 Å². The molecule has 0 aliphatic carbocycles. The Labute approximate surface area is 87.7 Å². The molecule has 4 unspecified atom stereocenters. The zero-order chi connectivity index (χ0) is 9.99. The first-order chi connectivity index (χ1) is 7.36. The Morgan fingerprint density at radius 3 is 2.67 bits per heavy atom. The van der Waals surface area contributed by atoms with E-state index in [1.807, 2.05) is 6.92 Å². The van der Waals surface area contributed by atoms with Gasteiger partial charge in [0.15, 0.2) is 6.10 Å². The smallest absolute Gasteiger partial charge is 0.168 e. The van der Waals surface area contributed by atoms with Crippen LogP contribution in [0.2, 0.25) is 0 Å². The standard InChI is InChI=1S/C12H11NO2/c1-6-9-10-7-4-2-3-5-8(7)11(14-10)12(9)15-13-6/h2-5,9-12H,1H3. The fraction of sp³-hybridized carbons (Fsp3) is 0.417.